The molecule has 0 fully saturated rings. The summed E-state index contributed by atoms with van der Waals surface area (Å²) < 4.78 is 36.9. The maximum absolute atomic E-state index is 12.3. The highest BCUT2D eigenvalue weighted by molar-refractivity contribution is 5.94. The van der Waals surface area contributed by atoms with E-state index in [1.54, 1.807) is 6.92 Å². The van der Waals surface area contributed by atoms with Gasteiger partial charge in [0.1, 0.15) is 0 Å². The van der Waals surface area contributed by atoms with Crippen molar-refractivity contribution in [3.05, 3.63) is 34.9 Å². The molecule has 0 aliphatic rings. The Morgan fingerprint density at radius 1 is 1.40 bits per heavy atom. The Labute approximate surface area is 84.9 Å². The van der Waals surface area contributed by atoms with E-state index in [0.717, 1.165) is 12.1 Å². The zero-order chi connectivity index (χ0) is 11.6. The van der Waals surface area contributed by atoms with Gasteiger partial charge in [-0.15, -0.1) is 0 Å². The van der Waals surface area contributed by atoms with Crippen LogP contribution in [0.2, 0.25) is 0 Å². The molecule has 82 valence electrons. The zero-order valence-corrected chi connectivity index (χ0v) is 8.06. The number of aryl methyl sites for hydroxylation is 1. The summed E-state index contributed by atoms with van der Waals surface area (Å²) in [6.45, 7) is 1.75. The number of amides is 1. The molecular weight excluding hydrogens is 207 g/mol. The lowest BCUT2D eigenvalue weighted by Gasteiger charge is -2.10. The highest BCUT2D eigenvalue weighted by atomic mass is 19.4. The van der Waals surface area contributed by atoms with Crippen LogP contribution in [0.15, 0.2) is 18.2 Å². The van der Waals surface area contributed by atoms with Gasteiger partial charge in [-0.25, -0.2) is 0 Å². The van der Waals surface area contributed by atoms with Crippen LogP contribution in [0.3, 0.4) is 0 Å². The van der Waals surface area contributed by atoms with Crippen molar-refractivity contribution in [1.82, 2.24) is 0 Å². The number of carbonyl (C=O) groups is 1. The molecule has 0 aromatic heterocycles. The molecule has 0 atom stereocenters. The number of halogens is 3. The van der Waals surface area contributed by atoms with Gasteiger partial charge in [-0.05, 0) is 24.1 Å². The van der Waals surface area contributed by atoms with Crippen LogP contribution in [0.25, 0.3) is 0 Å². The summed E-state index contributed by atoms with van der Waals surface area (Å²) in [6.07, 6.45) is -3.98. The van der Waals surface area contributed by atoms with E-state index in [2.05, 4.69) is 0 Å². The molecule has 0 saturated heterocycles. The lowest BCUT2D eigenvalue weighted by Crippen LogP contribution is -2.16. The van der Waals surface area contributed by atoms with Gasteiger partial charge >= 0.3 is 6.18 Å². The lowest BCUT2D eigenvalue weighted by atomic mass is 10.0. The van der Waals surface area contributed by atoms with Gasteiger partial charge in [0.15, 0.2) is 0 Å². The molecule has 0 unspecified atom stereocenters. The summed E-state index contributed by atoms with van der Waals surface area (Å²) in [7, 11) is 0. The zero-order valence-electron chi connectivity index (χ0n) is 8.06. The number of benzene rings is 1. The molecule has 2 N–H and O–H groups in total. The molecule has 5 heteroatoms. The van der Waals surface area contributed by atoms with Crippen LogP contribution in [0.5, 0.6) is 0 Å². The normalized spacial score (nSPS) is 11.5. The van der Waals surface area contributed by atoms with E-state index in [0.29, 0.717) is 12.0 Å². The van der Waals surface area contributed by atoms with Crippen LogP contribution in [0.4, 0.5) is 13.2 Å². The smallest absolute Gasteiger partial charge is 0.366 e. The van der Waals surface area contributed by atoms with Gasteiger partial charge in [0.25, 0.3) is 0 Å². The number of nitrogens with two attached hydrogens (primary N) is 1. The molecular formula is C10H10F3NO. The maximum atomic E-state index is 12.3. The van der Waals surface area contributed by atoms with Crippen molar-refractivity contribution in [1.29, 1.82) is 0 Å². The SMILES string of the molecule is CCc1ccc(C(F)(F)F)cc1C(N)=O. The average molecular weight is 217 g/mol. The average Bonchev–Trinajstić information content (AvgIpc) is 2.15. The Hall–Kier alpha value is -1.52. The van der Waals surface area contributed by atoms with Gasteiger partial charge in [0.2, 0.25) is 5.91 Å². The lowest BCUT2D eigenvalue weighted by molar-refractivity contribution is -0.137. The molecule has 2 nitrogen and oxygen atoms in total. The molecule has 0 aliphatic heterocycles. The van der Waals surface area contributed by atoms with E-state index in [1.807, 2.05) is 0 Å². The summed E-state index contributed by atoms with van der Waals surface area (Å²) >= 11 is 0. The van der Waals surface area contributed by atoms with Gasteiger partial charge in [-0.3, -0.25) is 4.79 Å². The Kier molecular flexibility index (Phi) is 3.02. The molecule has 0 heterocycles. The maximum Gasteiger partial charge on any atom is 0.416 e. The number of hydrogen-bond donors (Lipinski definition) is 1. The standard InChI is InChI=1S/C10H10F3NO/c1-2-6-3-4-7(10(11,12)13)5-8(6)9(14)15/h3-5H,2H2,1H3,(H2,14,15). The summed E-state index contributed by atoms with van der Waals surface area (Å²) in [5.74, 6) is -0.835. The molecule has 1 rings (SSSR count). The van der Waals surface area contributed by atoms with E-state index in [-0.39, 0.29) is 5.56 Å². The predicted molar refractivity (Wildman–Crippen MR) is 49.3 cm³/mol. The van der Waals surface area contributed by atoms with Gasteiger partial charge in [-0.1, -0.05) is 13.0 Å². The predicted octanol–water partition coefficient (Wildman–Crippen LogP) is 2.37. The second kappa shape index (κ2) is 3.92. The quantitative estimate of drug-likeness (QED) is 0.811. The van der Waals surface area contributed by atoms with Crippen molar-refractivity contribution in [3.63, 3.8) is 0 Å². The van der Waals surface area contributed by atoms with Crippen molar-refractivity contribution < 1.29 is 18.0 Å². The topological polar surface area (TPSA) is 43.1 Å². The molecule has 0 spiro atoms. The fraction of sp³-hybridized carbons (Fsp3) is 0.300. The summed E-state index contributed by atoms with van der Waals surface area (Å²) in [5, 5.41) is 0. The number of hydrogen-bond acceptors (Lipinski definition) is 1. The Bertz CT molecular complexity index is 385. The first-order chi connectivity index (χ1) is 6.86. The molecule has 0 saturated carbocycles. The number of carbonyl (C=O) groups excluding carboxylic acids is 1. The first-order valence-electron chi connectivity index (χ1n) is 4.36. The first kappa shape index (κ1) is 11.6. The van der Waals surface area contributed by atoms with E-state index in [9.17, 15) is 18.0 Å². The van der Waals surface area contributed by atoms with E-state index >= 15 is 0 Å². The number of rotatable bonds is 2. The van der Waals surface area contributed by atoms with Crippen LogP contribution in [0.1, 0.15) is 28.4 Å². The molecule has 0 radical (unpaired) electrons. The van der Waals surface area contributed by atoms with Gasteiger partial charge in [0, 0.05) is 5.56 Å². The summed E-state index contributed by atoms with van der Waals surface area (Å²) in [5.41, 5.74) is 4.60. The number of alkyl halides is 3. The van der Waals surface area contributed by atoms with Gasteiger partial charge in [0.05, 0.1) is 5.56 Å². The molecule has 15 heavy (non-hydrogen) atoms. The second-order valence-corrected chi connectivity index (χ2v) is 3.09. The van der Waals surface area contributed by atoms with E-state index < -0.39 is 17.6 Å². The van der Waals surface area contributed by atoms with Crippen molar-refractivity contribution >= 4 is 5.91 Å². The van der Waals surface area contributed by atoms with Crippen LogP contribution >= 0.6 is 0 Å². The molecule has 1 aromatic rings. The summed E-state index contributed by atoms with van der Waals surface area (Å²) in [4.78, 5) is 10.9. The minimum atomic E-state index is -4.45. The number of primary amides is 1. The third-order valence-electron chi connectivity index (χ3n) is 2.08. The van der Waals surface area contributed by atoms with Crippen molar-refractivity contribution in [2.75, 3.05) is 0 Å². The third kappa shape index (κ3) is 2.49. The molecule has 1 amide bonds. The van der Waals surface area contributed by atoms with Crippen LogP contribution in [-0.4, -0.2) is 5.91 Å². The highest BCUT2D eigenvalue weighted by Crippen LogP contribution is 2.30. The Morgan fingerprint density at radius 3 is 2.40 bits per heavy atom. The fourth-order valence-corrected chi connectivity index (χ4v) is 1.29. The third-order valence-corrected chi connectivity index (χ3v) is 2.08. The Morgan fingerprint density at radius 2 is 2.00 bits per heavy atom. The van der Waals surface area contributed by atoms with Crippen LogP contribution in [0, 0.1) is 0 Å². The van der Waals surface area contributed by atoms with E-state index in [1.165, 1.54) is 6.07 Å². The highest BCUT2D eigenvalue weighted by Gasteiger charge is 2.31. The fourth-order valence-electron chi connectivity index (χ4n) is 1.29. The van der Waals surface area contributed by atoms with Gasteiger partial charge < -0.3 is 5.73 Å². The minimum absolute atomic E-state index is 0.0627. The minimum Gasteiger partial charge on any atom is -0.366 e. The molecule has 1 aromatic carbocycles. The van der Waals surface area contributed by atoms with Crippen molar-refractivity contribution in [2.45, 2.75) is 19.5 Å². The second-order valence-electron chi connectivity index (χ2n) is 3.09. The monoisotopic (exact) mass is 217 g/mol. The Balaban J connectivity index is 3.28. The van der Waals surface area contributed by atoms with Crippen LogP contribution in [-0.2, 0) is 12.6 Å². The van der Waals surface area contributed by atoms with Crippen LogP contribution < -0.4 is 5.73 Å². The van der Waals surface area contributed by atoms with Crippen molar-refractivity contribution in [3.8, 4) is 0 Å². The molecule has 0 bridgehead atoms. The largest absolute Gasteiger partial charge is 0.416 e. The summed E-state index contributed by atoms with van der Waals surface area (Å²) in [6, 6.07) is 3.02. The van der Waals surface area contributed by atoms with Crippen molar-refractivity contribution in [2.24, 2.45) is 5.73 Å². The first-order valence-corrected chi connectivity index (χ1v) is 4.36. The molecule has 0 aliphatic carbocycles. The van der Waals surface area contributed by atoms with Gasteiger partial charge in [-0.2, -0.15) is 13.2 Å². The van der Waals surface area contributed by atoms with E-state index in [4.69, 9.17) is 5.73 Å².